The topological polar surface area (TPSA) is 151 Å². The van der Waals surface area contributed by atoms with Gasteiger partial charge in [-0.15, -0.1) is 0 Å². The molecule has 0 atom stereocenters. The van der Waals surface area contributed by atoms with Crippen molar-refractivity contribution in [2.45, 2.75) is 13.5 Å². The Kier molecular flexibility index (Phi) is 7.73. The molecule has 1 aliphatic rings. The number of nitrogens with one attached hydrogen (secondary N) is 2. The molecular formula is C29H26FN8O4+. The van der Waals surface area contributed by atoms with E-state index in [0.29, 0.717) is 11.5 Å². The van der Waals surface area contributed by atoms with E-state index >= 15 is 0 Å². The second-order valence-corrected chi connectivity index (χ2v) is 9.12. The average Bonchev–Trinajstić information content (AvgIpc) is 3.42. The number of pyridine rings is 1. The summed E-state index contributed by atoms with van der Waals surface area (Å²) in [6.45, 7) is 1.90. The number of hydrogen-bond donors (Lipinski definition) is 3. The van der Waals surface area contributed by atoms with Gasteiger partial charge < -0.3 is 19.9 Å². The highest BCUT2D eigenvalue weighted by Crippen LogP contribution is 2.25. The second-order valence-electron chi connectivity index (χ2n) is 9.12. The van der Waals surface area contributed by atoms with E-state index in [9.17, 15) is 18.8 Å². The number of aryl methyl sites for hydroxylation is 2. The zero-order valence-corrected chi connectivity index (χ0v) is 22.6. The molecular weight excluding hydrogens is 543 g/mol. The fraction of sp³-hybridized carbons (Fsp3) is 0.103. The number of imidazole rings is 1. The standard InChI is InChI=1S/C29H25FN8O4/c1-3-37-15-22(28(40)38(29(37)41)21-7-4-19(30)5-8-21)27(39)35-20-6-9-26(33-14-20)42-25-12-18(13-32-23(25)10-11-31)24-16-36(2)17-34-24/h4-17,31-32H,3H2,1-2H3,(H,35,39)/p+1/b23-10-,31-11?. The number of carbonyl (C=O) groups is 1. The van der Waals surface area contributed by atoms with Crippen molar-refractivity contribution in [2.24, 2.45) is 7.05 Å². The van der Waals surface area contributed by atoms with Gasteiger partial charge in [-0.1, -0.05) is 0 Å². The summed E-state index contributed by atoms with van der Waals surface area (Å²) >= 11 is 0. The Hall–Kier alpha value is -5.85. The van der Waals surface area contributed by atoms with E-state index in [1.807, 2.05) is 17.8 Å². The summed E-state index contributed by atoms with van der Waals surface area (Å²) < 4.78 is 23.3. The minimum atomic E-state index is -0.841. The molecule has 12 nitrogen and oxygen atoms in total. The molecule has 0 unspecified atom stereocenters. The fourth-order valence-corrected chi connectivity index (χ4v) is 4.14. The Morgan fingerprint density at radius 1 is 1.14 bits per heavy atom. The minimum Gasteiger partial charge on any atom is -0.437 e. The van der Waals surface area contributed by atoms with Gasteiger partial charge in [0.1, 0.15) is 11.4 Å². The van der Waals surface area contributed by atoms with Crippen LogP contribution in [0.25, 0.3) is 11.3 Å². The van der Waals surface area contributed by atoms with Gasteiger partial charge in [0.05, 0.1) is 35.3 Å². The number of carbonyl (C=O) groups excluding carboxylic acids is 1. The molecule has 0 bridgehead atoms. The molecule has 0 saturated heterocycles. The molecule has 0 radical (unpaired) electrons. The van der Waals surface area contributed by atoms with Crippen LogP contribution in [-0.4, -0.2) is 35.8 Å². The van der Waals surface area contributed by atoms with Crippen molar-refractivity contribution in [1.82, 2.24) is 29.0 Å². The second kappa shape index (κ2) is 11.7. The lowest BCUT2D eigenvalue weighted by Gasteiger charge is -2.18. The van der Waals surface area contributed by atoms with Crippen LogP contribution >= 0.6 is 0 Å². The van der Waals surface area contributed by atoms with E-state index in [0.717, 1.165) is 28.0 Å². The maximum absolute atomic E-state index is 13.4. The minimum absolute atomic E-state index is 0.139. The Bertz CT molecular complexity index is 1880. The smallest absolute Gasteiger partial charge is 0.335 e. The number of anilines is 1. The van der Waals surface area contributed by atoms with Crippen molar-refractivity contribution >= 4 is 23.4 Å². The Labute approximate surface area is 238 Å². The molecule has 212 valence electrons. The molecule has 0 saturated carbocycles. The lowest BCUT2D eigenvalue weighted by molar-refractivity contribution is -0.104. The van der Waals surface area contributed by atoms with E-state index in [2.05, 4.69) is 20.6 Å². The van der Waals surface area contributed by atoms with E-state index in [4.69, 9.17) is 10.1 Å². The third kappa shape index (κ3) is 5.70. The highest BCUT2D eigenvalue weighted by Gasteiger charge is 2.20. The first-order chi connectivity index (χ1) is 20.3. The van der Waals surface area contributed by atoms with Crippen molar-refractivity contribution in [2.75, 3.05) is 5.32 Å². The van der Waals surface area contributed by atoms with Crippen LogP contribution in [0, 0.1) is 5.82 Å². The maximum atomic E-state index is 13.4. The van der Waals surface area contributed by atoms with Crippen molar-refractivity contribution in [3.8, 4) is 11.6 Å². The quantitative estimate of drug-likeness (QED) is 0.270. The normalized spacial score (nSPS) is 13.6. The zero-order chi connectivity index (χ0) is 29.8. The number of nitrogens with zero attached hydrogens (tertiary/aromatic N) is 5. The van der Waals surface area contributed by atoms with Gasteiger partial charge in [0.15, 0.2) is 12.0 Å². The number of nitrogens with two attached hydrogens (primary N) is 1. The Morgan fingerprint density at radius 2 is 1.93 bits per heavy atom. The van der Waals surface area contributed by atoms with Crippen LogP contribution in [0.2, 0.25) is 0 Å². The van der Waals surface area contributed by atoms with Crippen LogP contribution < -0.4 is 32.0 Å². The molecule has 42 heavy (non-hydrogen) atoms. The number of benzene rings is 1. The molecule has 1 amide bonds. The highest BCUT2D eigenvalue weighted by molar-refractivity contribution is 6.03. The summed E-state index contributed by atoms with van der Waals surface area (Å²) in [6, 6.07) is 7.94. The summed E-state index contributed by atoms with van der Waals surface area (Å²) in [6.07, 6.45) is 12.7. The number of rotatable bonds is 8. The SMILES string of the molecule is CCn1cc(C(=O)Nc2ccc(OC3=CC(c4cn(C)cn4)=CN/C3=C\C=[NH2+])nc2)c(=O)n(-c2ccc(F)cc2)c1=O. The predicted octanol–water partition coefficient (Wildman–Crippen LogP) is 1.16. The third-order valence-electron chi connectivity index (χ3n) is 6.23. The molecule has 1 aromatic carbocycles. The molecule has 0 fully saturated rings. The van der Waals surface area contributed by atoms with Crippen LogP contribution in [0.15, 0.2) is 101 Å². The first-order valence-corrected chi connectivity index (χ1v) is 12.8. The fourth-order valence-electron chi connectivity index (χ4n) is 4.14. The van der Waals surface area contributed by atoms with Crippen molar-refractivity contribution in [1.29, 1.82) is 0 Å². The first kappa shape index (κ1) is 27.7. The predicted molar refractivity (Wildman–Crippen MR) is 153 cm³/mol. The first-order valence-electron chi connectivity index (χ1n) is 12.8. The number of halogens is 1. The zero-order valence-electron chi connectivity index (χ0n) is 22.6. The van der Waals surface area contributed by atoms with Gasteiger partial charge in [-0.2, -0.15) is 0 Å². The molecule has 4 aromatic rings. The average molecular weight is 570 g/mol. The number of amides is 1. The van der Waals surface area contributed by atoms with Crippen LogP contribution in [0.4, 0.5) is 10.1 Å². The van der Waals surface area contributed by atoms with Crippen molar-refractivity contribution in [3.05, 3.63) is 129 Å². The van der Waals surface area contributed by atoms with Crippen molar-refractivity contribution in [3.63, 3.8) is 0 Å². The monoisotopic (exact) mass is 569 g/mol. The summed E-state index contributed by atoms with van der Waals surface area (Å²) in [5.74, 6) is -0.610. The van der Waals surface area contributed by atoms with Crippen LogP contribution in [0.1, 0.15) is 23.0 Å². The number of allylic oxidation sites excluding steroid dienone is 3. The van der Waals surface area contributed by atoms with E-state index < -0.39 is 23.0 Å². The van der Waals surface area contributed by atoms with E-state index in [1.54, 1.807) is 43.7 Å². The van der Waals surface area contributed by atoms with Gasteiger partial charge in [-0.25, -0.2) is 23.7 Å². The van der Waals surface area contributed by atoms with E-state index in [1.165, 1.54) is 35.3 Å². The van der Waals surface area contributed by atoms with Crippen LogP contribution in [0.3, 0.4) is 0 Å². The summed E-state index contributed by atoms with van der Waals surface area (Å²) in [4.78, 5) is 47.8. The molecule has 3 aromatic heterocycles. The highest BCUT2D eigenvalue weighted by atomic mass is 19.1. The van der Waals surface area contributed by atoms with Gasteiger partial charge in [0.2, 0.25) is 5.88 Å². The molecule has 0 aliphatic carbocycles. The molecule has 0 spiro atoms. The lowest BCUT2D eigenvalue weighted by atomic mass is 10.1. The van der Waals surface area contributed by atoms with E-state index in [-0.39, 0.29) is 29.4 Å². The Morgan fingerprint density at radius 3 is 2.57 bits per heavy atom. The number of hydrogen-bond acceptors (Lipinski definition) is 7. The molecule has 5 rings (SSSR count). The number of aromatic nitrogens is 5. The third-order valence-corrected chi connectivity index (χ3v) is 6.23. The summed E-state index contributed by atoms with van der Waals surface area (Å²) in [5.41, 5.74) is 0.767. The molecule has 13 heteroatoms. The van der Waals surface area contributed by atoms with Crippen LogP contribution in [0.5, 0.6) is 5.88 Å². The van der Waals surface area contributed by atoms with Crippen molar-refractivity contribution < 1.29 is 19.3 Å². The maximum Gasteiger partial charge on any atom is 0.335 e. The van der Waals surface area contributed by atoms with Gasteiger partial charge in [0.25, 0.3) is 11.5 Å². The number of dihydropyridines is 1. The molecule has 4 heterocycles. The largest absolute Gasteiger partial charge is 0.437 e. The Balaban J connectivity index is 1.38. The summed E-state index contributed by atoms with van der Waals surface area (Å²) in [7, 11) is 1.87. The van der Waals surface area contributed by atoms with Gasteiger partial charge in [-0.05, 0) is 43.3 Å². The summed E-state index contributed by atoms with van der Waals surface area (Å²) in [5, 5.41) is 11.3. The lowest BCUT2D eigenvalue weighted by Crippen LogP contribution is -2.42. The molecule has 1 aliphatic heterocycles. The van der Waals surface area contributed by atoms with Gasteiger partial charge in [0, 0.05) is 49.9 Å². The molecule has 4 N–H and O–H groups in total. The van der Waals surface area contributed by atoms with Crippen LogP contribution in [-0.2, 0) is 13.6 Å². The van der Waals surface area contributed by atoms with Gasteiger partial charge in [-0.3, -0.25) is 19.6 Å². The number of ether oxygens (including phenoxy) is 1. The van der Waals surface area contributed by atoms with Gasteiger partial charge >= 0.3 is 5.69 Å².